The summed E-state index contributed by atoms with van der Waals surface area (Å²) in [5, 5.41) is 12.6. The zero-order chi connectivity index (χ0) is 38.3. The number of aromatic amines is 2. The van der Waals surface area contributed by atoms with Gasteiger partial charge in [0.1, 0.15) is 18.1 Å². The highest BCUT2D eigenvalue weighted by Crippen LogP contribution is 2.27. The lowest BCUT2D eigenvalue weighted by atomic mass is 9.85. The van der Waals surface area contributed by atoms with E-state index in [2.05, 4.69) is 25.9 Å². The lowest BCUT2D eigenvalue weighted by Gasteiger charge is -2.27. The standard InChI is InChI=1S/C44H49N7O4/c45-35(21-27-10-2-1-3-11-27)42(53)50-39(23-31-25-47-36-16-8-6-14-33(31)36)44(55)51-40(24-32-26-48-37-17-9-7-15-34(32)37)43(54)49-38(41(46)52)22-28-18-19-29-12-4-5-13-30(29)20-28/h4-9,12-20,25-27,35,38-40,47-48H,1-3,10-11,21-24,45H2,(H2,46,52)(H,49,54)(H,50,53)(H,51,55)/t35?,38-,39+,40-/m0/s1. The van der Waals surface area contributed by atoms with Crippen molar-refractivity contribution >= 4 is 56.2 Å². The first-order valence-corrected chi connectivity index (χ1v) is 19.3. The van der Waals surface area contributed by atoms with Gasteiger partial charge in [0.05, 0.1) is 6.04 Å². The molecule has 1 fully saturated rings. The maximum Gasteiger partial charge on any atom is 0.243 e. The lowest BCUT2D eigenvalue weighted by molar-refractivity contribution is -0.133. The van der Waals surface area contributed by atoms with E-state index in [0.717, 1.165) is 75.0 Å². The number of carbonyl (C=O) groups excluding carboxylic acids is 4. The molecule has 4 atom stereocenters. The van der Waals surface area contributed by atoms with Crippen molar-refractivity contribution in [1.29, 1.82) is 0 Å². The molecule has 9 N–H and O–H groups in total. The van der Waals surface area contributed by atoms with E-state index >= 15 is 0 Å². The van der Waals surface area contributed by atoms with Gasteiger partial charge in [0.2, 0.25) is 23.6 Å². The number of nitrogens with two attached hydrogens (primary N) is 2. The predicted molar refractivity (Wildman–Crippen MR) is 216 cm³/mol. The summed E-state index contributed by atoms with van der Waals surface area (Å²) in [6.07, 6.45) is 10.2. The molecule has 4 amide bonds. The van der Waals surface area contributed by atoms with Gasteiger partial charge in [-0.3, -0.25) is 19.2 Å². The average Bonchev–Trinajstić information content (AvgIpc) is 3.81. The van der Waals surface area contributed by atoms with Crippen molar-refractivity contribution in [3.63, 3.8) is 0 Å². The van der Waals surface area contributed by atoms with Gasteiger partial charge in [0.15, 0.2) is 0 Å². The van der Waals surface area contributed by atoms with Crippen molar-refractivity contribution < 1.29 is 19.2 Å². The number of nitrogens with one attached hydrogen (secondary N) is 5. The number of primary amides is 1. The number of hydrogen-bond acceptors (Lipinski definition) is 5. The molecular weight excluding hydrogens is 691 g/mol. The van der Waals surface area contributed by atoms with E-state index in [-0.39, 0.29) is 19.3 Å². The molecule has 0 saturated heterocycles. The maximum absolute atomic E-state index is 14.4. The van der Waals surface area contributed by atoms with Crippen LogP contribution in [-0.2, 0) is 38.4 Å². The third-order valence-corrected chi connectivity index (χ3v) is 11.0. The Morgan fingerprint density at radius 2 is 1.15 bits per heavy atom. The number of hydrogen-bond donors (Lipinski definition) is 7. The molecule has 1 aliphatic rings. The van der Waals surface area contributed by atoms with E-state index < -0.39 is 47.8 Å². The summed E-state index contributed by atoms with van der Waals surface area (Å²) in [7, 11) is 0. The zero-order valence-electron chi connectivity index (χ0n) is 30.9. The summed E-state index contributed by atoms with van der Waals surface area (Å²) in [4.78, 5) is 61.7. The number of carbonyl (C=O) groups is 4. The van der Waals surface area contributed by atoms with E-state index in [0.29, 0.717) is 12.3 Å². The van der Waals surface area contributed by atoms with E-state index in [9.17, 15) is 19.2 Å². The summed E-state index contributed by atoms with van der Waals surface area (Å²) in [5.41, 5.74) is 16.6. The fraction of sp³-hybridized carbons (Fsp3) is 0.318. The summed E-state index contributed by atoms with van der Waals surface area (Å²) < 4.78 is 0. The Kier molecular flexibility index (Phi) is 11.6. The van der Waals surface area contributed by atoms with E-state index in [1.54, 1.807) is 0 Å². The second kappa shape index (κ2) is 17.0. The van der Waals surface area contributed by atoms with Gasteiger partial charge in [-0.1, -0.05) is 111 Å². The van der Waals surface area contributed by atoms with Crippen LogP contribution in [0.4, 0.5) is 0 Å². The summed E-state index contributed by atoms with van der Waals surface area (Å²) >= 11 is 0. The Bertz CT molecular complexity index is 2310. The van der Waals surface area contributed by atoms with Crippen LogP contribution in [0.25, 0.3) is 32.6 Å². The van der Waals surface area contributed by atoms with Gasteiger partial charge < -0.3 is 37.4 Å². The molecule has 7 rings (SSSR count). The monoisotopic (exact) mass is 739 g/mol. The van der Waals surface area contributed by atoms with E-state index in [1.807, 2.05) is 103 Å². The molecule has 6 aromatic rings. The molecule has 11 heteroatoms. The van der Waals surface area contributed by atoms with Crippen LogP contribution in [0, 0.1) is 5.92 Å². The minimum absolute atomic E-state index is 0.109. The third kappa shape index (κ3) is 9.06. The molecule has 0 spiro atoms. The first-order chi connectivity index (χ1) is 26.7. The molecule has 11 nitrogen and oxygen atoms in total. The van der Waals surface area contributed by atoms with E-state index in [4.69, 9.17) is 11.5 Å². The Morgan fingerprint density at radius 1 is 0.618 bits per heavy atom. The minimum Gasteiger partial charge on any atom is -0.368 e. The fourth-order valence-electron chi connectivity index (χ4n) is 8.00. The van der Waals surface area contributed by atoms with Crippen LogP contribution in [0.5, 0.6) is 0 Å². The predicted octanol–water partition coefficient (Wildman–Crippen LogP) is 5.07. The highest BCUT2D eigenvalue weighted by molar-refractivity contribution is 5.96. The van der Waals surface area contributed by atoms with Crippen LogP contribution < -0.4 is 27.4 Å². The Morgan fingerprint density at radius 3 is 1.75 bits per heavy atom. The number of aromatic nitrogens is 2. The van der Waals surface area contributed by atoms with Gasteiger partial charge in [-0.05, 0) is 51.9 Å². The number of H-pyrrole nitrogens is 2. The molecule has 4 aromatic carbocycles. The van der Waals surface area contributed by atoms with Crippen molar-refractivity contribution in [3.8, 4) is 0 Å². The highest BCUT2D eigenvalue weighted by atomic mass is 16.2. The number of rotatable bonds is 15. The quantitative estimate of drug-likeness (QED) is 0.0774. The zero-order valence-corrected chi connectivity index (χ0v) is 30.9. The summed E-state index contributed by atoms with van der Waals surface area (Å²) in [5.74, 6) is -1.86. The van der Waals surface area contributed by atoms with Crippen molar-refractivity contribution in [1.82, 2.24) is 25.9 Å². The molecule has 0 aliphatic heterocycles. The fourth-order valence-corrected chi connectivity index (χ4v) is 8.00. The second-order valence-electron chi connectivity index (χ2n) is 14.9. The van der Waals surface area contributed by atoms with Crippen LogP contribution >= 0.6 is 0 Å². The molecule has 55 heavy (non-hydrogen) atoms. The molecule has 1 aliphatic carbocycles. The Hall–Kier alpha value is -5.94. The smallest absolute Gasteiger partial charge is 0.243 e. The molecule has 2 aromatic heterocycles. The Balaban J connectivity index is 1.15. The summed E-state index contributed by atoms with van der Waals surface area (Å²) in [6.45, 7) is 0. The number of fused-ring (bicyclic) bond motifs is 3. The largest absolute Gasteiger partial charge is 0.368 e. The molecule has 284 valence electrons. The highest BCUT2D eigenvalue weighted by Gasteiger charge is 2.32. The van der Waals surface area contributed by atoms with Crippen LogP contribution in [0.3, 0.4) is 0 Å². The van der Waals surface area contributed by atoms with Gasteiger partial charge in [0, 0.05) is 53.5 Å². The molecular formula is C44H49N7O4. The molecule has 0 bridgehead atoms. The van der Waals surface area contributed by atoms with Crippen LogP contribution in [-0.4, -0.2) is 57.8 Å². The molecule has 1 unspecified atom stereocenters. The second-order valence-corrected chi connectivity index (χ2v) is 14.9. The van der Waals surface area contributed by atoms with E-state index in [1.165, 1.54) is 6.42 Å². The van der Waals surface area contributed by atoms with Crippen molar-refractivity contribution in [3.05, 3.63) is 120 Å². The van der Waals surface area contributed by atoms with Gasteiger partial charge in [-0.15, -0.1) is 0 Å². The number of benzene rings is 4. The molecule has 2 heterocycles. The molecule has 0 radical (unpaired) electrons. The molecule has 1 saturated carbocycles. The first-order valence-electron chi connectivity index (χ1n) is 19.3. The maximum atomic E-state index is 14.4. The average molecular weight is 740 g/mol. The van der Waals surface area contributed by atoms with Crippen molar-refractivity contribution in [2.45, 2.75) is 82.0 Å². The van der Waals surface area contributed by atoms with Gasteiger partial charge in [-0.25, -0.2) is 0 Å². The normalized spacial score (nSPS) is 15.7. The summed E-state index contributed by atoms with van der Waals surface area (Å²) in [6, 6.07) is 25.2. The lowest BCUT2D eigenvalue weighted by Crippen LogP contribution is -2.58. The van der Waals surface area contributed by atoms with Crippen LogP contribution in [0.2, 0.25) is 0 Å². The van der Waals surface area contributed by atoms with Crippen LogP contribution in [0.15, 0.2) is 103 Å². The van der Waals surface area contributed by atoms with Crippen LogP contribution in [0.1, 0.15) is 55.2 Å². The minimum atomic E-state index is -1.12. The van der Waals surface area contributed by atoms with Gasteiger partial charge >= 0.3 is 0 Å². The Labute approximate surface area is 320 Å². The topological polar surface area (TPSA) is 188 Å². The first kappa shape index (κ1) is 37.4. The number of para-hydroxylation sites is 2. The van der Waals surface area contributed by atoms with Gasteiger partial charge in [0.25, 0.3) is 0 Å². The number of amides is 4. The van der Waals surface area contributed by atoms with Crippen molar-refractivity contribution in [2.75, 3.05) is 0 Å². The van der Waals surface area contributed by atoms with Crippen molar-refractivity contribution in [2.24, 2.45) is 17.4 Å². The third-order valence-electron chi connectivity index (χ3n) is 11.0. The van der Waals surface area contributed by atoms with Gasteiger partial charge in [-0.2, -0.15) is 0 Å². The SMILES string of the molecule is NC(=O)[C@H](Cc1ccc2ccccc2c1)NC(=O)[C@H](Cc1c[nH]c2ccccc12)NC(=O)[C@@H](Cc1c[nH]c2ccccc12)NC(=O)C(N)CC1CCCCC1.